The third kappa shape index (κ3) is 5.34. The number of carbonyl (C=O) groups excluding carboxylic acids is 2. The van der Waals surface area contributed by atoms with Gasteiger partial charge in [0, 0.05) is 26.4 Å². The number of hydrogen-bond donors (Lipinski definition) is 2. The first kappa shape index (κ1) is 14.0. The molecule has 0 aliphatic rings. The van der Waals surface area contributed by atoms with Crippen molar-refractivity contribution in [1.29, 1.82) is 0 Å². The van der Waals surface area contributed by atoms with Crippen molar-refractivity contribution in [2.75, 3.05) is 13.7 Å². The van der Waals surface area contributed by atoms with Gasteiger partial charge in [-0.25, -0.2) is 0 Å². The molecule has 18 heavy (non-hydrogen) atoms. The molecule has 0 atom stereocenters. The van der Waals surface area contributed by atoms with Crippen molar-refractivity contribution in [1.82, 2.24) is 10.6 Å². The number of hydrogen-bond acceptors (Lipinski definition) is 3. The first-order chi connectivity index (χ1) is 8.61. The van der Waals surface area contributed by atoms with E-state index >= 15 is 0 Å². The molecule has 0 unspecified atom stereocenters. The van der Waals surface area contributed by atoms with Crippen molar-refractivity contribution in [3.8, 4) is 5.75 Å². The molecule has 0 radical (unpaired) electrons. The molecule has 1 rings (SSSR count). The van der Waals surface area contributed by atoms with E-state index < -0.39 is 0 Å². The molecule has 5 nitrogen and oxygen atoms in total. The summed E-state index contributed by atoms with van der Waals surface area (Å²) in [6.07, 6.45) is 0.281. The van der Waals surface area contributed by atoms with Gasteiger partial charge in [0.05, 0.1) is 7.11 Å². The van der Waals surface area contributed by atoms with Crippen LogP contribution in [0.1, 0.15) is 18.9 Å². The Morgan fingerprint density at radius 1 is 1.28 bits per heavy atom. The Balaban J connectivity index is 2.31. The summed E-state index contributed by atoms with van der Waals surface area (Å²) in [6, 6.07) is 7.50. The zero-order valence-electron chi connectivity index (χ0n) is 10.7. The van der Waals surface area contributed by atoms with Gasteiger partial charge in [0.25, 0.3) is 0 Å². The molecule has 0 saturated carbocycles. The molecule has 1 aromatic rings. The highest BCUT2D eigenvalue weighted by molar-refractivity contribution is 5.77. The topological polar surface area (TPSA) is 67.4 Å². The number of ether oxygens (including phenoxy) is 1. The van der Waals surface area contributed by atoms with Gasteiger partial charge >= 0.3 is 0 Å². The maximum absolute atomic E-state index is 11.5. The van der Waals surface area contributed by atoms with Gasteiger partial charge in [-0.1, -0.05) is 12.1 Å². The lowest BCUT2D eigenvalue weighted by Gasteiger charge is -2.07. The average Bonchev–Trinajstić information content (AvgIpc) is 2.36. The molecule has 2 N–H and O–H groups in total. The van der Waals surface area contributed by atoms with Gasteiger partial charge in [0.1, 0.15) is 5.75 Å². The van der Waals surface area contributed by atoms with Crippen molar-refractivity contribution in [3.63, 3.8) is 0 Å². The van der Waals surface area contributed by atoms with Crippen molar-refractivity contribution in [3.05, 3.63) is 29.8 Å². The summed E-state index contributed by atoms with van der Waals surface area (Å²) in [7, 11) is 1.60. The highest BCUT2D eigenvalue weighted by atomic mass is 16.5. The lowest BCUT2D eigenvalue weighted by Crippen LogP contribution is -2.29. The Kier molecular flexibility index (Phi) is 5.70. The maximum atomic E-state index is 11.5. The van der Waals surface area contributed by atoms with Crippen LogP contribution in [0.2, 0.25) is 0 Å². The minimum Gasteiger partial charge on any atom is -0.497 e. The molecular weight excluding hydrogens is 232 g/mol. The molecule has 0 aromatic heterocycles. The van der Waals surface area contributed by atoms with Gasteiger partial charge in [0.2, 0.25) is 11.8 Å². The average molecular weight is 250 g/mol. The Bertz CT molecular complexity index is 418. The van der Waals surface area contributed by atoms with Gasteiger partial charge in [-0.15, -0.1) is 0 Å². The Morgan fingerprint density at radius 2 is 2.06 bits per heavy atom. The summed E-state index contributed by atoms with van der Waals surface area (Å²) in [6.45, 7) is 2.24. The molecule has 0 fully saturated rings. The van der Waals surface area contributed by atoms with Crippen LogP contribution in [0.25, 0.3) is 0 Å². The van der Waals surface area contributed by atoms with Crippen LogP contribution in [-0.4, -0.2) is 25.5 Å². The van der Waals surface area contributed by atoms with E-state index in [9.17, 15) is 9.59 Å². The van der Waals surface area contributed by atoms with Crippen LogP contribution in [0.15, 0.2) is 24.3 Å². The second-order valence-electron chi connectivity index (χ2n) is 3.86. The number of carbonyl (C=O) groups is 2. The van der Waals surface area contributed by atoms with E-state index in [0.29, 0.717) is 13.1 Å². The normalized spacial score (nSPS) is 9.67. The predicted molar refractivity (Wildman–Crippen MR) is 68.1 cm³/mol. The number of benzene rings is 1. The lowest BCUT2D eigenvalue weighted by molar-refractivity contribution is -0.121. The summed E-state index contributed by atoms with van der Waals surface area (Å²) < 4.78 is 5.09. The van der Waals surface area contributed by atoms with Crippen molar-refractivity contribution >= 4 is 11.8 Å². The molecular formula is C13H18N2O3. The zero-order chi connectivity index (χ0) is 13.4. The first-order valence-electron chi connectivity index (χ1n) is 5.76. The molecule has 0 saturated heterocycles. The second kappa shape index (κ2) is 7.32. The summed E-state index contributed by atoms with van der Waals surface area (Å²) in [5, 5.41) is 5.35. The van der Waals surface area contributed by atoms with Crippen molar-refractivity contribution < 1.29 is 14.3 Å². The number of nitrogens with one attached hydrogen (secondary N) is 2. The van der Waals surface area contributed by atoms with Gasteiger partial charge in [-0.2, -0.15) is 0 Å². The van der Waals surface area contributed by atoms with E-state index in [-0.39, 0.29) is 18.2 Å². The molecule has 0 aliphatic carbocycles. The summed E-state index contributed by atoms with van der Waals surface area (Å²) >= 11 is 0. The molecule has 5 heteroatoms. The smallest absolute Gasteiger partial charge is 0.222 e. The SMILES string of the molecule is COc1cccc(CNC(=O)CCNC(C)=O)c1. The fourth-order valence-electron chi connectivity index (χ4n) is 1.42. The molecule has 0 spiro atoms. The zero-order valence-corrected chi connectivity index (χ0v) is 10.7. The van der Waals surface area contributed by atoms with E-state index in [0.717, 1.165) is 11.3 Å². The third-order valence-corrected chi connectivity index (χ3v) is 2.35. The fraction of sp³-hybridized carbons (Fsp3) is 0.385. The van der Waals surface area contributed by atoms with Crippen LogP contribution in [0.4, 0.5) is 0 Å². The summed E-state index contributed by atoms with van der Waals surface area (Å²) in [5.41, 5.74) is 0.974. The first-order valence-corrected chi connectivity index (χ1v) is 5.76. The van der Waals surface area contributed by atoms with Crippen molar-refractivity contribution in [2.45, 2.75) is 19.9 Å². The number of methoxy groups -OCH3 is 1. The monoisotopic (exact) mass is 250 g/mol. The van der Waals surface area contributed by atoms with Crippen LogP contribution in [0.3, 0.4) is 0 Å². The molecule has 0 bridgehead atoms. The Hall–Kier alpha value is -2.04. The van der Waals surface area contributed by atoms with Gasteiger partial charge < -0.3 is 15.4 Å². The molecule has 2 amide bonds. The molecule has 0 aliphatic heterocycles. The number of amides is 2. The summed E-state index contributed by atoms with van der Waals surface area (Å²) in [4.78, 5) is 22.1. The minimum atomic E-state index is -0.129. The fourth-order valence-corrected chi connectivity index (χ4v) is 1.42. The van der Waals surface area contributed by atoms with E-state index in [4.69, 9.17) is 4.74 Å². The van der Waals surface area contributed by atoms with Crippen LogP contribution >= 0.6 is 0 Å². The highest BCUT2D eigenvalue weighted by Gasteiger charge is 2.02. The van der Waals surface area contributed by atoms with Crippen LogP contribution < -0.4 is 15.4 Å². The van der Waals surface area contributed by atoms with E-state index in [1.807, 2.05) is 24.3 Å². The summed E-state index contributed by atoms with van der Waals surface area (Å²) in [5.74, 6) is 0.544. The quantitative estimate of drug-likeness (QED) is 0.786. The van der Waals surface area contributed by atoms with E-state index in [1.54, 1.807) is 7.11 Å². The molecule has 0 heterocycles. The Morgan fingerprint density at radius 3 is 2.72 bits per heavy atom. The minimum absolute atomic E-state index is 0.0911. The number of rotatable bonds is 6. The standard InChI is InChI=1S/C13H18N2O3/c1-10(16)14-7-6-13(17)15-9-11-4-3-5-12(8-11)18-2/h3-5,8H,6-7,9H2,1-2H3,(H,14,16)(H,15,17). The van der Waals surface area contributed by atoms with Gasteiger partial charge in [0.15, 0.2) is 0 Å². The largest absolute Gasteiger partial charge is 0.497 e. The van der Waals surface area contributed by atoms with Crippen LogP contribution in [-0.2, 0) is 16.1 Å². The molecule has 1 aromatic carbocycles. The lowest BCUT2D eigenvalue weighted by atomic mass is 10.2. The third-order valence-electron chi connectivity index (χ3n) is 2.35. The van der Waals surface area contributed by atoms with Gasteiger partial charge in [-0.05, 0) is 17.7 Å². The predicted octanol–water partition coefficient (Wildman–Crippen LogP) is 0.838. The van der Waals surface area contributed by atoms with E-state index in [2.05, 4.69) is 10.6 Å². The van der Waals surface area contributed by atoms with Gasteiger partial charge in [-0.3, -0.25) is 9.59 Å². The molecule has 98 valence electrons. The highest BCUT2D eigenvalue weighted by Crippen LogP contribution is 2.11. The maximum Gasteiger partial charge on any atom is 0.222 e. The van der Waals surface area contributed by atoms with Crippen LogP contribution in [0.5, 0.6) is 5.75 Å². The van der Waals surface area contributed by atoms with Crippen LogP contribution in [0, 0.1) is 0 Å². The van der Waals surface area contributed by atoms with Crippen molar-refractivity contribution in [2.24, 2.45) is 0 Å². The Labute approximate surface area is 107 Å². The second-order valence-corrected chi connectivity index (χ2v) is 3.86. The van der Waals surface area contributed by atoms with E-state index in [1.165, 1.54) is 6.92 Å².